The van der Waals surface area contributed by atoms with Crippen LogP contribution in [0.1, 0.15) is 58.7 Å². The number of anilines is 1. The van der Waals surface area contributed by atoms with E-state index in [1.54, 1.807) is 4.90 Å². The molecule has 0 aliphatic heterocycles. The van der Waals surface area contributed by atoms with Crippen LogP contribution in [-0.2, 0) is 18.4 Å². The van der Waals surface area contributed by atoms with Crippen molar-refractivity contribution in [2.75, 3.05) is 18.4 Å². The maximum Gasteiger partial charge on any atom is 0.322 e. The SMILES string of the molecule is CC(C)CN(Cc1cccn1C)C(=O)CN(C(=O)Nc1ccc(C(C)C)cc1)C(C)C. The first-order valence-corrected chi connectivity index (χ1v) is 11.1. The van der Waals surface area contributed by atoms with Gasteiger partial charge in [-0.15, -0.1) is 0 Å². The molecule has 0 saturated heterocycles. The maximum atomic E-state index is 13.2. The largest absolute Gasteiger partial charge is 0.353 e. The molecule has 1 aromatic carbocycles. The minimum Gasteiger partial charge on any atom is -0.353 e. The molecule has 2 aromatic rings. The van der Waals surface area contributed by atoms with Gasteiger partial charge in [0.05, 0.1) is 6.54 Å². The van der Waals surface area contributed by atoms with E-state index >= 15 is 0 Å². The molecule has 0 bridgehead atoms. The van der Waals surface area contributed by atoms with Gasteiger partial charge in [-0.3, -0.25) is 4.79 Å². The summed E-state index contributed by atoms with van der Waals surface area (Å²) in [5.74, 6) is 0.727. The molecule has 0 aliphatic carbocycles. The quantitative estimate of drug-likeness (QED) is 0.608. The highest BCUT2D eigenvalue weighted by molar-refractivity contribution is 5.92. The molecule has 2 rings (SSSR count). The zero-order valence-electron chi connectivity index (χ0n) is 20.1. The van der Waals surface area contributed by atoms with Crippen molar-refractivity contribution in [3.63, 3.8) is 0 Å². The summed E-state index contributed by atoms with van der Waals surface area (Å²) >= 11 is 0. The van der Waals surface area contributed by atoms with Crippen LogP contribution in [0.4, 0.5) is 10.5 Å². The van der Waals surface area contributed by atoms with Crippen LogP contribution < -0.4 is 5.32 Å². The van der Waals surface area contributed by atoms with Gasteiger partial charge in [0.15, 0.2) is 0 Å². The second-order valence-electron chi connectivity index (χ2n) is 9.21. The number of nitrogens with one attached hydrogen (secondary N) is 1. The third-order valence-corrected chi connectivity index (χ3v) is 5.36. The Hall–Kier alpha value is -2.76. The Morgan fingerprint density at radius 1 is 1.00 bits per heavy atom. The van der Waals surface area contributed by atoms with Crippen LogP contribution >= 0.6 is 0 Å². The van der Waals surface area contributed by atoms with Crippen LogP contribution in [0.2, 0.25) is 0 Å². The van der Waals surface area contributed by atoms with E-state index in [-0.39, 0.29) is 24.5 Å². The van der Waals surface area contributed by atoms with E-state index in [9.17, 15) is 9.59 Å². The molecule has 0 fully saturated rings. The topological polar surface area (TPSA) is 57.6 Å². The van der Waals surface area contributed by atoms with Crippen LogP contribution in [0, 0.1) is 5.92 Å². The number of hydrogen-bond donors (Lipinski definition) is 1. The average molecular weight is 427 g/mol. The molecule has 6 nitrogen and oxygen atoms in total. The first-order chi connectivity index (χ1) is 14.6. The zero-order valence-corrected chi connectivity index (χ0v) is 20.1. The molecule has 6 heteroatoms. The Morgan fingerprint density at radius 3 is 2.13 bits per heavy atom. The fourth-order valence-corrected chi connectivity index (χ4v) is 3.43. The van der Waals surface area contributed by atoms with E-state index < -0.39 is 0 Å². The number of aromatic nitrogens is 1. The number of nitrogens with zero attached hydrogens (tertiary/aromatic N) is 3. The predicted octanol–water partition coefficient (Wildman–Crippen LogP) is 5.08. The maximum absolute atomic E-state index is 13.2. The minimum atomic E-state index is -0.260. The van der Waals surface area contributed by atoms with Crippen LogP contribution in [-0.4, -0.2) is 45.4 Å². The summed E-state index contributed by atoms with van der Waals surface area (Å²) in [6.07, 6.45) is 1.98. The van der Waals surface area contributed by atoms with E-state index in [4.69, 9.17) is 0 Å². The summed E-state index contributed by atoms with van der Waals surface area (Å²) in [4.78, 5) is 29.6. The number of carbonyl (C=O) groups excluding carboxylic acids is 2. The summed E-state index contributed by atoms with van der Waals surface area (Å²) in [7, 11) is 1.98. The number of benzene rings is 1. The molecule has 0 atom stereocenters. The van der Waals surface area contributed by atoms with Crippen molar-refractivity contribution in [2.24, 2.45) is 13.0 Å². The number of rotatable bonds is 9. The number of urea groups is 1. The molecule has 0 saturated carbocycles. The predicted molar refractivity (Wildman–Crippen MR) is 127 cm³/mol. The monoisotopic (exact) mass is 426 g/mol. The van der Waals surface area contributed by atoms with Gasteiger partial charge in [0, 0.05) is 37.2 Å². The van der Waals surface area contributed by atoms with Crippen LogP contribution in [0.15, 0.2) is 42.6 Å². The highest BCUT2D eigenvalue weighted by Crippen LogP contribution is 2.18. The molecular formula is C25H38N4O2. The summed E-state index contributed by atoms with van der Waals surface area (Å²) < 4.78 is 2.02. The van der Waals surface area contributed by atoms with Crippen molar-refractivity contribution in [3.8, 4) is 0 Å². The first kappa shape index (κ1) is 24.5. The zero-order chi connectivity index (χ0) is 23.1. The Bertz CT molecular complexity index is 853. The van der Waals surface area contributed by atoms with Crippen LogP contribution in [0.5, 0.6) is 0 Å². The third kappa shape index (κ3) is 7.16. The van der Waals surface area contributed by atoms with Gasteiger partial charge in [-0.25, -0.2) is 4.79 Å². The Morgan fingerprint density at radius 2 is 1.65 bits per heavy atom. The van der Waals surface area contributed by atoms with Crippen LogP contribution in [0.25, 0.3) is 0 Å². The lowest BCUT2D eigenvalue weighted by molar-refractivity contribution is -0.133. The van der Waals surface area contributed by atoms with E-state index in [2.05, 4.69) is 33.0 Å². The van der Waals surface area contributed by atoms with Crippen LogP contribution in [0.3, 0.4) is 0 Å². The second kappa shape index (κ2) is 11.0. The molecule has 31 heavy (non-hydrogen) atoms. The first-order valence-electron chi connectivity index (χ1n) is 11.1. The lowest BCUT2D eigenvalue weighted by atomic mass is 10.0. The van der Waals surface area contributed by atoms with E-state index in [1.807, 2.05) is 73.0 Å². The number of carbonyl (C=O) groups is 2. The van der Waals surface area contributed by atoms with Gasteiger partial charge in [-0.2, -0.15) is 0 Å². The lowest BCUT2D eigenvalue weighted by Crippen LogP contribution is -2.48. The van der Waals surface area contributed by atoms with Gasteiger partial charge in [0.25, 0.3) is 0 Å². The van der Waals surface area contributed by atoms with Crippen molar-refractivity contribution in [1.29, 1.82) is 0 Å². The second-order valence-corrected chi connectivity index (χ2v) is 9.21. The Balaban J connectivity index is 2.10. The molecule has 0 radical (unpaired) electrons. The Labute approximate surface area is 187 Å². The normalized spacial score (nSPS) is 11.3. The smallest absolute Gasteiger partial charge is 0.322 e. The average Bonchev–Trinajstić information content (AvgIpc) is 3.09. The van der Waals surface area contributed by atoms with Gasteiger partial charge < -0.3 is 19.7 Å². The highest BCUT2D eigenvalue weighted by Gasteiger charge is 2.24. The van der Waals surface area contributed by atoms with Gasteiger partial charge in [-0.1, -0.05) is 39.8 Å². The van der Waals surface area contributed by atoms with E-state index in [0.717, 1.165) is 11.4 Å². The molecule has 1 aromatic heterocycles. The number of amides is 3. The van der Waals surface area contributed by atoms with Gasteiger partial charge in [0.2, 0.25) is 5.91 Å². The van der Waals surface area contributed by atoms with Gasteiger partial charge >= 0.3 is 6.03 Å². The van der Waals surface area contributed by atoms with E-state index in [0.29, 0.717) is 24.9 Å². The highest BCUT2D eigenvalue weighted by atomic mass is 16.2. The minimum absolute atomic E-state index is 0.0463. The molecule has 3 amide bonds. The molecule has 170 valence electrons. The lowest BCUT2D eigenvalue weighted by Gasteiger charge is -2.31. The summed E-state index contributed by atoms with van der Waals surface area (Å²) in [5.41, 5.74) is 3.02. The molecule has 1 heterocycles. The van der Waals surface area contributed by atoms with E-state index in [1.165, 1.54) is 5.56 Å². The molecule has 0 unspecified atom stereocenters. The molecule has 0 aliphatic rings. The van der Waals surface area contributed by atoms with Crippen molar-refractivity contribution in [2.45, 2.75) is 60.0 Å². The summed E-state index contributed by atoms with van der Waals surface area (Å²) in [5, 5.41) is 2.94. The number of hydrogen-bond acceptors (Lipinski definition) is 2. The fourth-order valence-electron chi connectivity index (χ4n) is 3.43. The molecule has 0 spiro atoms. The van der Waals surface area contributed by atoms with Gasteiger partial charge in [-0.05, 0) is 55.5 Å². The summed E-state index contributed by atoms with van der Waals surface area (Å²) in [6, 6.07) is 11.5. The Kier molecular flexibility index (Phi) is 8.72. The van der Waals surface area contributed by atoms with Crippen molar-refractivity contribution >= 4 is 17.6 Å². The molecular weight excluding hydrogens is 388 g/mol. The van der Waals surface area contributed by atoms with Crippen molar-refractivity contribution in [1.82, 2.24) is 14.4 Å². The van der Waals surface area contributed by atoms with Crippen molar-refractivity contribution in [3.05, 3.63) is 53.9 Å². The fraction of sp³-hybridized carbons (Fsp3) is 0.520. The number of aryl methyl sites for hydroxylation is 1. The summed E-state index contributed by atoms with van der Waals surface area (Å²) in [6.45, 7) is 13.6. The molecule has 1 N–H and O–H groups in total. The van der Waals surface area contributed by atoms with Crippen molar-refractivity contribution < 1.29 is 9.59 Å². The standard InChI is InChI=1S/C25H38N4O2/c1-18(2)15-28(16-23-9-8-14-27(23)7)24(30)17-29(20(5)6)25(31)26-22-12-10-21(11-13-22)19(3)4/h8-14,18-20H,15-17H2,1-7H3,(H,26,31). The van der Waals surface area contributed by atoms with Gasteiger partial charge in [0.1, 0.15) is 6.54 Å². The third-order valence-electron chi connectivity index (χ3n) is 5.36.